The number of nitrogens with zero attached hydrogens (tertiary/aromatic N) is 3. The second-order valence-corrected chi connectivity index (χ2v) is 4.40. The van der Waals surface area contributed by atoms with Crippen molar-refractivity contribution in [3.05, 3.63) is 41.5 Å². The van der Waals surface area contributed by atoms with Crippen molar-refractivity contribution in [3.8, 4) is 5.69 Å². The molecule has 5 heteroatoms. The zero-order valence-corrected chi connectivity index (χ0v) is 11.1. The largest absolute Gasteiger partial charge is 0.481 e. The summed E-state index contributed by atoms with van der Waals surface area (Å²) in [7, 11) is 0. The minimum Gasteiger partial charge on any atom is -0.481 e. The van der Waals surface area contributed by atoms with Gasteiger partial charge in [0.2, 0.25) is 0 Å². The Labute approximate surface area is 111 Å². The minimum absolute atomic E-state index is 0.0538. The number of aromatic nitrogens is 3. The molecule has 1 aromatic carbocycles. The highest BCUT2D eigenvalue weighted by Crippen LogP contribution is 2.12. The summed E-state index contributed by atoms with van der Waals surface area (Å²) >= 11 is 0. The first kappa shape index (κ1) is 13.3. The molecule has 0 atom stereocenters. The monoisotopic (exact) mass is 259 g/mol. The van der Waals surface area contributed by atoms with Gasteiger partial charge in [0.05, 0.1) is 12.1 Å². The fourth-order valence-corrected chi connectivity index (χ4v) is 1.89. The molecular formula is C14H17N3O2. The van der Waals surface area contributed by atoms with Gasteiger partial charge in [0.25, 0.3) is 0 Å². The van der Waals surface area contributed by atoms with E-state index in [-0.39, 0.29) is 6.42 Å². The third-order valence-corrected chi connectivity index (χ3v) is 2.96. The molecule has 5 nitrogen and oxygen atoms in total. The molecule has 19 heavy (non-hydrogen) atoms. The zero-order valence-electron chi connectivity index (χ0n) is 11.1. The van der Waals surface area contributed by atoms with Crippen molar-refractivity contribution >= 4 is 5.97 Å². The highest BCUT2D eigenvalue weighted by atomic mass is 16.4. The van der Waals surface area contributed by atoms with Crippen LogP contribution in [0.3, 0.4) is 0 Å². The topological polar surface area (TPSA) is 68.0 Å². The first-order valence-corrected chi connectivity index (χ1v) is 6.33. The van der Waals surface area contributed by atoms with E-state index in [0.717, 1.165) is 17.9 Å². The summed E-state index contributed by atoms with van der Waals surface area (Å²) in [5, 5.41) is 13.0. The predicted molar refractivity (Wildman–Crippen MR) is 71.4 cm³/mol. The van der Waals surface area contributed by atoms with Gasteiger partial charge >= 0.3 is 5.97 Å². The molecule has 0 unspecified atom stereocenters. The summed E-state index contributed by atoms with van der Waals surface area (Å²) in [6.45, 7) is 3.98. The van der Waals surface area contributed by atoms with Crippen molar-refractivity contribution in [2.24, 2.45) is 0 Å². The van der Waals surface area contributed by atoms with Crippen molar-refractivity contribution in [2.45, 2.75) is 33.1 Å². The van der Waals surface area contributed by atoms with Gasteiger partial charge in [-0.25, -0.2) is 9.67 Å². The molecule has 0 saturated carbocycles. The summed E-state index contributed by atoms with van der Waals surface area (Å²) in [4.78, 5) is 14.8. The lowest BCUT2D eigenvalue weighted by molar-refractivity contribution is -0.137. The minimum atomic E-state index is -0.832. The standard InChI is InChI=1S/C14H17N3O2/c1-3-11-4-6-12(7-5-11)17-10(2)15-13(16-17)8-9-14(18)19/h4-7H,3,8-9H2,1-2H3,(H,18,19). The lowest BCUT2D eigenvalue weighted by Gasteiger charge is -2.03. The van der Waals surface area contributed by atoms with Gasteiger partial charge < -0.3 is 5.11 Å². The predicted octanol–water partition coefficient (Wildman–Crippen LogP) is 2.16. The summed E-state index contributed by atoms with van der Waals surface area (Å²) in [6, 6.07) is 8.13. The Morgan fingerprint density at radius 3 is 2.58 bits per heavy atom. The molecular weight excluding hydrogens is 242 g/mol. The van der Waals surface area contributed by atoms with Crippen molar-refractivity contribution < 1.29 is 9.90 Å². The van der Waals surface area contributed by atoms with Crippen molar-refractivity contribution in [1.29, 1.82) is 0 Å². The van der Waals surface area contributed by atoms with Gasteiger partial charge in [-0.3, -0.25) is 4.79 Å². The smallest absolute Gasteiger partial charge is 0.303 e. The zero-order chi connectivity index (χ0) is 13.8. The molecule has 1 aromatic heterocycles. The van der Waals surface area contributed by atoms with Crippen LogP contribution in [0.2, 0.25) is 0 Å². The van der Waals surface area contributed by atoms with Crippen LogP contribution < -0.4 is 0 Å². The van der Waals surface area contributed by atoms with Crippen molar-refractivity contribution in [1.82, 2.24) is 14.8 Å². The summed E-state index contributed by atoms with van der Waals surface area (Å²) in [5.74, 6) is 0.505. The molecule has 2 rings (SSSR count). The van der Waals surface area contributed by atoms with E-state index in [1.807, 2.05) is 19.1 Å². The van der Waals surface area contributed by atoms with E-state index in [1.54, 1.807) is 4.68 Å². The molecule has 0 fully saturated rings. The molecule has 0 radical (unpaired) electrons. The second kappa shape index (κ2) is 5.65. The molecule has 0 aliphatic rings. The second-order valence-electron chi connectivity index (χ2n) is 4.40. The number of aryl methyl sites for hydroxylation is 3. The van der Waals surface area contributed by atoms with Crippen LogP contribution in [0.25, 0.3) is 5.69 Å². The molecule has 0 spiro atoms. The van der Waals surface area contributed by atoms with E-state index in [2.05, 4.69) is 29.1 Å². The number of carboxylic acids is 1. The summed E-state index contributed by atoms with van der Waals surface area (Å²) < 4.78 is 1.75. The van der Waals surface area contributed by atoms with Crippen LogP contribution in [0.4, 0.5) is 0 Å². The van der Waals surface area contributed by atoms with E-state index in [9.17, 15) is 4.79 Å². The number of hydrogen-bond acceptors (Lipinski definition) is 3. The third-order valence-electron chi connectivity index (χ3n) is 2.96. The van der Waals surface area contributed by atoms with E-state index in [1.165, 1.54) is 5.56 Å². The maximum absolute atomic E-state index is 10.5. The van der Waals surface area contributed by atoms with E-state index in [4.69, 9.17) is 5.11 Å². The van der Waals surface area contributed by atoms with Crippen LogP contribution in [0.5, 0.6) is 0 Å². The highest BCUT2D eigenvalue weighted by molar-refractivity contribution is 5.66. The van der Waals surface area contributed by atoms with Crippen LogP contribution >= 0.6 is 0 Å². The van der Waals surface area contributed by atoms with Gasteiger partial charge in [-0.2, -0.15) is 5.10 Å². The Bertz CT molecular complexity index is 573. The Morgan fingerprint density at radius 2 is 2.00 bits per heavy atom. The van der Waals surface area contributed by atoms with Crippen LogP contribution in [-0.2, 0) is 17.6 Å². The number of hydrogen-bond donors (Lipinski definition) is 1. The Balaban J connectivity index is 2.21. The van der Waals surface area contributed by atoms with Crippen LogP contribution in [0, 0.1) is 6.92 Å². The third kappa shape index (κ3) is 3.19. The fourth-order valence-electron chi connectivity index (χ4n) is 1.89. The molecule has 0 aliphatic heterocycles. The quantitative estimate of drug-likeness (QED) is 0.893. The molecule has 0 amide bonds. The first-order chi connectivity index (χ1) is 9.10. The van der Waals surface area contributed by atoms with Gasteiger partial charge in [-0.15, -0.1) is 0 Å². The van der Waals surface area contributed by atoms with Crippen molar-refractivity contribution in [2.75, 3.05) is 0 Å². The molecule has 0 bridgehead atoms. The maximum atomic E-state index is 10.5. The molecule has 0 aliphatic carbocycles. The first-order valence-electron chi connectivity index (χ1n) is 6.33. The van der Waals surface area contributed by atoms with E-state index in [0.29, 0.717) is 12.2 Å². The van der Waals surface area contributed by atoms with Gasteiger partial charge in [-0.1, -0.05) is 19.1 Å². The average Bonchev–Trinajstić information content (AvgIpc) is 2.78. The van der Waals surface area contributed by atoms with Gasteiger partial charge in [-0.05, 0) is 31.0 Å². The van der Waals surface area contributed by atoms with E-state index >= 15 is 0 Å². The highest BCUT2D eigenvalue weighted by Gasteiger charge is 2.09. The lowest BCUT2D eigenvalue weighted by atomic mass is 10.1. The fraction of sp³-hybridized carbons (Fsp3) is 0.357. The average molecular weight is 259 g/mol. The number of aliphatic carboxylic acids is 1. The number of benzene rings is 1. The van der Waals surface area contributed by atoms with Gasteiger partial charge in [0.15, 0.2) is 5.82 Å². The molecule has 1 heterocycles. The normalized spacial score (nSPS) is 10.6. The van der Waals surface area contributed by atoms with Gasteiger partial charge in [0.1, 0.15) is 5.82 Å². The summed E-state index contributed by atoms with van der Waals surface area (Å²) in [5.41, 5.74) is 2.22. The van der Waals surface area contributed by atoms with Crippen LogP contribution in [0.1, 0.15) is 30.6 Å². The van der Waals surface area contributed by atoms with Crippen LogP contribution in [-0.4, -0.2) is 25.8 Å². The molecule has 0 saturated heterocycles. The number of rotatable bonds is 5. The van der Waals surface area contributed by atoms with Gasteiger partial charge in [0, 0.05) is 6.42 Å². The molecule has 100 valence electrons. The Hall–Kier alpha value is -2.17. The molecule has 2 aromatic rings. The maximum Gasteiger partial charge on any atom is 0.303 e. The number of carbonyl (C=O) groups is 1. The number of carboxylic acid groups (broad SMARTS) is 1. The summed E-state index contributed by atoms with van der Waals surface area (Å²) in [6.07, 6.45) is 1.41. The molecule has 1 N–H and O–H groups in total. The Morgan fingerprint density at radius 1 is 1.32 bits per heavy atom. The van der Waals surface area contributed by atoms with E-state index < -0.39 is 5.97 Å². The SMILES string of the molecule is CCc1ccc(-n2nc(CCC(=O)O)nc2C)cc1. The Kier molecular flexibility index (Phi) is 3.94. The van der Waals surface area contributed by atoms with Crippen LogP contribution in [0.15, 0.2) is 24.3 Å². The lowest BCUT2D eigenvalue weighted by Crippen LogP contribution is -2.01. The van der Waals surface area contributed by atoms with Crippen molar-refractivity contribution in [3.63, 3.8) is 0 Å².